The van der Waals surface area contributed by atoms with Gasteiger partial charge in [-0.2, -0.15) is 5.26 Å². The molecule has 1 aromatic carbocycles. The summed E-state index contributed by atoms with van der Waals surface area (Å²) in [6, 6.07) is 10.2. The van der Waals surface area contributed by atoms with E-state index in [9.17, 15) is 0 Å². The number of thioether (sulfide) groups is 2. The number of para-hydroxylation sites is 1. The molecule has 0 saturated carbocycles. The zero-order chi connectivity index (χ0) is 9.80. The van der Waals surface area contributed by atoms with Crippen LogP contribution >= 0.6 is 23.5 Å². The summed E-state index contributed by atoms with van der Waals surface area (Å²) < 4.78 is 0. The van der Waals surface area contributed by atoms with E-state index in [1.165, 1.54) is 16.7 Å². The molecule has 2 rings (SSSR count). The number of hydrogen-bond acceptors (Lipinski definition) is 4. The SMILES string of the molecule is N#CCSC1=Nc2ccccc2SC1. The standard InChI is InChI=1S/C10H8N2S2/c11-5-6-13-10-7-14-9-4-2-1-3-8(9)12-10/h1-4H,6-7H2. The third-order valence-electron chi connectivity index (χ3n) is 1.76. The van der Waals surface area contributed by atoms with E-state index in [0.29, 0.717) is 5.75 Å². The first-order chi connectivity index (χ1) is 6.90. The lowest BCUT2D eigenvalue weighted by molar-refractivity contribution is 1.36. The van der Waals surface area contributed by atoms with Crippen molar-refractivity contribution in [2.45, 2.75) is 4.90 Å². The minimum absolute atomic E-state index is 0.488. The summed E-state index contributed by atoms with van der Waals surface area (Å²) in [7, 11) is 0. The molecule has 0 atom stereocenters. The second-order valence-corrected chi connectivity index (χ2v) is 4.77. The second-order valence-electron chi connectivity index (χ2n) is 2.71. The van der Waals surface area contributed by atoms with Gasteiger partial charge in [0.2, 0.25) is 0 Å². The number of fused-ring (bicyclic) bond motifs is 1. The van der Waals surface area contributed by atoms with Gasteiger partial charge in [0.15, 0.2) is 0 Å². The Morgan fingerprint density at radius 2 is 2.36 bits per heavy atom. The van der Waals surface area contributed by atoms with E-state index < -0.39 is 0 Å². The van der Waals surface area contributed by atoms with Crippen LogP contribution in [0.1, 0.15) is 0 Å². The van der Waals surface area contributed by atoms with Crippen LogP contribution in [-0.2, 0) is 0 Å². The topological polar surface area (TPSA) is 36.1 Å². The van der Waals surface area contributed by atoms with Crippen LogP contribution in [0, 0.1) is 11.3 Å². The first kappa shape index (κ1) is 9.63. The van der Waals surface area contributed by atoms with Crippen LogP contribution in [0.5, 0.6) is 0 Å². The molecular formula is C10H8N2S2. The Bertz CT molecular complexity index is 407. The lowest BCUT2D eigenvalue weighted by Gasteiger charge is -2.12. The molecule has 4 heteroatoms. The number of hydrogen-bond donors (Lipinski definition) is 0. The number of nitrogens with zero attached hydrogens (tertiary/aromatic N) is 2. The van der Waals surface area contributed by atoms with E-state index in [1.807, 2.05) is 18.2 Å². The molecule has 2 nitrogen and oxygen atoms in total. The molecule has 14 heavy (non-hydrogen) atoms. The molecule has 0 saturated heterocycles. The summed E-state index contributed by atoms with van der Waals surface area (Å²) in [4.78, 5) is 5.72. The predicted octanol–water partition coefficient (Wildman–Crippen LogP) is 3.08. The molecule has 0 spiro atoms. The van der Waals surface area contributed by atoms with Gasteiger partial charge in [-0.15, -0.1) is 11.8 Å². The van der Waals surface area contributed by atoms with Crippen LogP contribution in [0.15, 0.2) is 34.2 Å². The molecule has 70 valence electrons. The zero-order valence-corrected chi connectivity index (χ0v) is 9.07. The Morgan fingerprint density at radius 1 is 1.50 bits per heavy atom. The van der Waals surface area contributed by atoms with Gasteiger partial charge in [-0.3, -0.25) is 0 Å². The molecule has 0 fully saturated rings. The van der Waals surface area contributed by atoms with E-state index in [2.05, 4.69) is 17.1 Å². The zero-order valence-electron chi connectivity index (χ0n) is 7.43. The van der Waals surface area contributed by atoms with Crippen molar-refractivity contribution >= 4 is 34.3 Å². The van der Waals surface area contributed by atoms with Crippen molar-refractivity contribution in [3.63, 3.8) is 0 Å². The van der Waals surface area contributed by atoms with Gasteiger partial charge in [0, 0.05) is 10.6 Å². The highest BCUT2D eigenvalue weighted by Crippen LogP contribution is 2.35. The van der Waals surface area contributed by atoms with E-state index in [4.69, 9.17) is 5.26 Å². The van der Waals surface area contributed by atoms with Gasteiger partial charge in [0.05, 0.1) is 22.6 Å². The molecular weight excluding hydrogens is 212 g/mol. The smallest absolute Gasteiger partial charge is 0.0867 e. The van der Waals surface area contributed by atoms with Gasteiger partial charge in [-0.1, -0.05) is 23.9 Å². The van der Waals surface area contributed by atoms with Crippen molar-refractivity contribution in [1.29, 1.82) is 5.26 Å². The van der Waals surface area contributed by atoms with Crippen molar-refractivity contribution in [3.8, 4) is 6.07 Å². The van der Waals surface area contributed by atoms with Gasteiger partial charge >= 0.3 is 0 Å². The molecule has 0 N–H and O–H groups in total. The minimum atomic E-state index is 0.488. The quantitative estimate of drug-likeness (QED) is 0.729. The normalized spacial score (nSPS) is 14.1. The average Bonchev–Trinajstić information content (AvgIpc) is 2.26. The van der Waals surface area contributed by atoms with Gasteiger partial charge in [0.25, 0.3) is 0 Å². The van der Waals surface area contributed by atoms with Crippen LogP contribution in [0.4, 0.5) is 5.69 Å². The largest absolute Gasteiger partial charge is 0.244 e. The highest BCUT2D eigenvalue weighted by molar-refractivity contribution is 8.16. The summed E-state index contributed by atoms with van der Waals surface area (Å²) in [5.74, 6) is 1.38. The fraction of sp³-hybridized carbons (Fsp3) is 0.200. The highest BCUT2D eigenvalue weighted by atomic mass is 32.2. The summed E-state index contributed by atoms with van der Waals surface area (Å²) in [6.45, 7) is 0. The molecule has 0 aromatic heterocycles. The predicted molar refractivity (Wildman–Crippen MR) is 62.3 cm³/mol. The fourth-order valence-electron chi connectivity index (χ4n) is 1.17. The Labute approximate surface area is 91.4 Å². The van der Waals surface area contributed by atoms with Crippen LogP contribution in [0.2, 0.25) is 0 Å². The minimum Gasteiger partial charge on any atom is -0.244 e. The lowest BCUT2D eigenvalue weighted by atomic mass is 10.3. The monoisotopic (exact) mass is 220 g/mol. The maximum atomic E-state index is 8.46. The first-order valence-corrected chi connectivity index (χ1v) is 6.16. The maximum absolute atomic E-state index is 8.46. The van der Waals surface area contributed by atoms with Gasteiger partial charge in [-0.25, -0.2) is 4.99 Å². The van der Waals surface area contributed by atoms with Crippen molar-refractivity contribution in [2.24, 2.45) is 4.99 Å². The number of benzene rings is 1. The Balaban J connectivity index is 2.19. The van der Waals surface area contributed by atoms with Crippen molar-refractivity contribution < 1.29 is 0 Å². The first-order valence-electron chi connectivity index (χ1n) is 4.19. The average molecular weight is 220 g/mol. The molecule has 1 aromatic rings. The van der Waals surface area contributed by atoms with Crippen molar-refractivity contribution in [1.82, 2.24) is 0 Å². The molecule has 1 heterocycles. The third kappa shape index (κ3) is 2.11. The van der Waals surface area contributed by atoms with Crippen LogP contribution < -0.4 is 0 Å². The summed E-state index contributed by atoms with van der Waals surface area (Å²) in [5.41, 5.74) is 1.03. The van der Waals surface area contributed by atoms with Crippen LogP contribution in [-0.4, -0.2) is 16.5 Å². The van der Waals surface area contributed by atoms with E-state index in [1.54, 1.807) is 11.8 Å². The Hall–Kier alpha value is -0.920. The van der Waals surface area contributed by atoms with E-state index >= 15 is 0 Å². The summed E-state index contributed by atoms with van der Waals surface area (Å²) >= 11 is 3.32. The van der Waals surface area contributed by atoms with Crippen LogP contribution in [0.3, 0.4) is 0 Å². The van der Waals surface area contributed by atoms with Crippen LogP contribution in [0.25, 0.3) is 0 Å². The van der Waals surface area contributed by atoms with E-state index in [-0.39, 0.29) is 0 Å². The number of rotatable bonds is 1. The van der Waals surface area contributed by atoms with Crippen molar-refractivity contribution in [2.75, 3.05) is 11.5 Å². The molecule has 0 aliphatic carbocycles. The molecule has 1 aliphatic rings. The number of aliphatic imine (C=N–C) groups is 1. The maximum Gasteiger partial charge on any atom is 0.0867 e. The Morgan fingerprint density at radius 3 is 3.21 bits per heavy atom. The second kappa shape index (κ2) is 4.54. The molecule has 1 aliphatic heterocycles. The summed E-state index contributed by atoms with van der Waals surface area (Å²) in [5, 5.41) is 9.51. The highest BCUT2D eigenvalue weighted by Gasteiger charge is 2.11. The van der Waals surface area contributed by atoms with E-state index in [0.717, 1.165) is 16.5 Å². The molecule has 0 amide bonds. The summed E-state index contributed by atoms with van der Waals surface area (Å²) in [6.07, 6.45) is 0. The third-order valence-corrected chi connectivity index (χ3v) is 3.86. The van der Waals surface area contributed by atoms with Gasteiger partial charge in [0.1, 0.15) is 0 Å². The molecule has 0 unspecified atom stereocenters. The Kier molecular flexibility index (Phi) is 3.12. The van der Waals surface area contributed by atoms with Gasteiger partial charge < -0.3 is 0 Å². The lowest BCUT2D eigenvalue weighted by Crippen LogP contribution is -2.01. The molecule has 0 bridgehead atoms. The van der Waals surface area contributed by atoms with Gasteiger partial charge in [-0.05, 0) is 12.1 Å². The fourth-order valence-corrected chi connectivity index (χ4v) is 2.85. The number of nitriles is 1. The van der Waals surface area contributed by atoms with Crippen molar-refractivity contribution in [3.05, 3.63) is 24.3 Å². The molecule has 0 radical (unpaired) electrons.